The standard InChI is InChI=1S/C16H26N2O/c1-4-17-13(2)14-5-7-15(8-6-14)18(11-12-19-3)16-9-10-16/h5-8,13,16-17H,4,9-12H2,1-3H3. The van der Waals surface area contributed by atoms with Crippen LogP contribution in [0.1, 0.15) is 38.3 Å². The van der Waals surface area contributed by atoms with Crippen LogP contribution in [-0.2, 0) is 4.74 Å². The number of rotatable bonds is 8. The van der Waals surface area contributed by atoms with E-state index in [0.29, 0.717) is 6.04 Å². The van der Waals surface area contributed by atoms with Crippen LogP contribution in [0, 0.1) is 0 Å². The fourth-order valence-corrected chi connectivity index (χ4v) is 2.48. The molecule has 106 valence electrons. The third kappa shape index (κ3) is 3.95. The predicted octanol–water partition coefficient (Wildman–Crippen LogP) is 2.97. The van der Waals surface area contributed by atoms with Crippen molar-refractivity contribution in [2.24, 2.45) is 0 Å². The molecular weight excluding hydrogens is 236 g/mol. The molecule has 0 radical (unpaired) electrons. The van der Waals surface area contributed by atoms with Gasteiger partial charge in [0.1, 0.15) is 0 Å². The molecule has 1 saturated carbocycles. The molecule has 0 spiro atoms. The monoisotopic (exact) mass is 262 g/mol. The molecule has 0 bridgehead atoms. The van der Waals surface area contributed by atoms with E-state index in [4.69, 9.17) is 4.74 Å². The first kappa shape index (κ1) is 14.4. The molecule has 1 N–H and O–H groups in total. The Bertz CT molecular complexity index is 373. The van der Waals surface area contributed by atoms with Gasteiger partial charge in [0.05, 0.1) is 6.61 Å². The van der Waals surface area contributed by atoms with Crippen molar-refractivity contribution in [2.45, 2.75) is 38.8 Å². The summed E-state index contributed by atoms with van der Waals surface area (Å²) in [6, 6.07) is 10.1. The quantitative estimate of drug-likeness (QED) is 0.779. The summed E-state index contributed by atoms with van der Waals surface area (Å²) in [5.41, 5.74) is 2.68. The Kier molecular flexibility index (Phi) is 5.23. The molecule has 19 heavy (non-hydrogen) atoms. The van der Waals surface area contributed by atoms with Gasteiger partial charge >= 0.3 is 0 Å². The van der Waals surface area contributed by atoms with Gasteiger partial charge in [0.2, 0.25) is 0 Å². The molecule has 3 nitrogen and oxygen atoms in total. The van der Waals surface area contributed by atoms with Crippen molar-refractivity contribution in [1.29, 1.82) is 0 Å². The van der Waals surface area contributed by atoms with Crippen molar-refractivity contribution in [3.63, 3.8) is 0 Å². The Morgan fingerprint density at radius 2 is 2.00 bits per heavy atom. The van der Waals surface area contributed by atoms with Crippen molar-refractivity contribution in [3.05, 3.63) is 29.8 Å². The lowest BCUT2D eigenvalue weighted by Crippen LogP contribution is -2.29. The number of nitrogens with zero attached hydrogens (tertiary/aromatic N) is 1. The molecule has 1 atom stereocenters. The summed E-state index contributed by atoms with van der Waals surface area (Å²) in [6.07, 6.45) is 2.64. The van der Waals surface area contributed by atoms with E-state index in [-0.39, 0.29) is 0 Å². The topological polar surface area (TPSA) is 24.5 Å². The third-order valence-corrected chi connectivity index (χ3v) is 3.76. The van der Waals surface area contributed by atoms with E-state index in [9.17, 15) is 0 Å². The third-order valence-electron chi connectivity index (χ3n) is 3.76. The molecule has 0 amide bonds. The van der Waals surface area contributed by atoms with Gasteiger partial charge in [-0.05, 0) is 44.0 Å². The summed E-state index contributed by atoms with van der Waals surface area (Å²) >= 11 is 0. The average molecular weight is 262 g/mol. The second kappa shape index (κ2) is 6.92. The molecule has 0 saturated heterocycles. The van der Waals surface area contributed by atoms with Crippen LogP contribution in [0.2, 0.25) is 0 Å². The van der Waals surface area contributed by atoms with Crippen LogP contribution in [0.4, 0.5) is 5.69 Å². The van der Waals surface area contributed by atoms with Crippen LogP contribution in [0.3, 0.4) is 0 Å². The van der Waals surface area contributed by atoms with Gasteiger partial charge in [-0.2, -0.15) is 0 Å². The fourth-order valence-electron chi connectivity index (χ4n) is 2.48. The number of hydrogen-bond acceptors (Lipinski definition) is 3. The zero-order valence-electron chi connectivity index (χ0n) is 12.4. The van der Waals surface area contributed by atoms with Gasteiger partial charge in [-0.25, -0.2) is 0 Å². The second-order valence-electron chi connectivity index (χ2n) is 5.29. The summed E-state index contributed by atoms with van der Waals surface area (Å²) in [6.45, 7) is 7.15. The lowest BCUT2D eigenvalue weighted by atomic mass is 10.1. The van der Waals surface area contributed by atoms with Crippen LogP contribution in [0.15, 0.2) is 24.3 Å². The first-order valence-corrected chi connectivity index (χ1v) is 7.35. The fraction of sp³-hybridized carbons (Fsp3) is 0.625. The van der Waals surface area contributed by atoms with E-state index in [2.05, 4.69) is 48.3 Å². The van der Waals surface area contributed by atoms with E-state index in [1.807, 2.05) is 0 Å². The zero-order valence-corrected chi connectivity index (χ0v) is 12.4. The van der Waals surface area contributed by atoms with Gasteiger partial charge in [-0.3, -0.25) is 0 Å². The number of anilines is 1. The minimum absolute atomic E-state index is 0.424. The van der Waals surface area contributed by atoms with E-state index in [0.717, 1.165) is 25.7 Å². The first-order chi connectivity index (χ1) is 9.26. The largest absolute Gasteiger partial charge is 0.383 e. The van der Waals surface area contributed by atoms with Crippen molar-refractivity contribution in [2.75, 3.05) is 31.7 Å². The molecule has 2 rings (SSSR count). The number of methoxy groups -OCH3 is 1. The number of benzene rings is 1. The highest BCUT2D eigenvalue weighted by atomic mass is 16.5. The van der Waals surface area contributed by atoms with Crippen molar-refractivity contribution < 1.29 is 4.74 Å². The highest BCUT2D eigenvalue weighted by molar-refractivity contribution is 5.50. The molecule has 1 aromatic rings. The van der Waals surface area contributed by atoms with Crippen LogP contribution < -0.4 is 10.2 Å². The van der Waals surface area contributed by atoms with Crippen molar-refractivity contribution in [1.82, 2.24) is 5.32 Å². The molecule has 1 aliphatic carbocycles. The molecule has 0 aromatic heterocycles. The first-order valence-electron chi connectivity index (χ1n) is 7.35. The van der Waals surface area contributed by atoms with E-state index < -0.39 is 0 Å². The van der Waals surface area contributed by atoms with Crippen LogP contribution in [0.25, 0.3) is 0 Å². The van der Waals surface area contributed by atoms with Gasteiger partial charge in [0, 0.05) is 31.4 Å². The van der Waals surface area contributed by atoms with E-state index >= 15 is 0 Å². The molecule has 1 unspecified atom stereocenters. The van der Waals surface area contributed by atoms with Crippen LogP contribution in [-0.4, -0.2) is 32.8 Å². The van der Waals surface area contributed by atoms with Gasteiger partial charge in [0.25, 0.3) is 0 Å². The average Bonchev–Trinajstić information content (AvgIpc) is 3.25. The maximum atomic E-state index is 5.21. The Morgan fingerprint density at radius 1 is 1.32 bits per heavy atom. The van der Waals surface area contributed by atoms with Gasteiger partial charge in [0.15, 0.2) is 0 Å². The second-order valence-corrected chi connectivity index (χ2v) is 5.29. The number of hydrogen-bond donors (Lipinski definition) is 1. The summed E-state index contributed by atoms with van der Waals surface area (Å²) in [7, 11) is 1.77. The van der Waals surface area contributed by atoms with Crippen LogP contribution in [0.5, 0.6) is 0 Å². The molecule has 1 fully saturated rings. The normalized spacial score (nSPS) is 16.4. The maximum Gasteiger partial charge on any atom is 0.0637 e. The summed E-state index contributed by atoms with van der Waals surface area (Å²) in [5, 5.41) is 3.45. The maximum absolute atomic E-state index is 5.21. The lowest BCUT2D eigenvalue weighted by Gasteiger charge is -2.25. The van der Waals surface area contributed by atoms with E-state index in [1.54, 1.807) is 7.11 Å². The molecule has 0 aliphatic heterocycles. The number of ether oxygens (including phenoxy) is 1. The summed E-state index contributed by atoms with van der Waals surface area (Å²) < 4.78 is 5.21. The van der Waals surface area contributed by atoms with E-state index in [1.165, 1.54) is 24.1 Å². The highest BCUT2D eigenvalue weighted by Crippen LogP contribution is 2.31. The Morgan fingerprint density at radius 3 is 2.53 bits per heavy atom. The summed E-state index contributed by atoms with van der Waals surface area (Å²) in [4.78, 5) is 2.48. The minimum Gasteiger partial charge on any atom is -0.383 e. The van der Waals surface area contributed by atoms with Gasteiger partial charge in [-0.15, -0.1) is 0 Å². The van der Waals surface area contributed by atoms with Gasteiger partial charge < -0.3 is 15.0 Å². The molecular formula is C16H26N2O. The van der Waals surface area contributed by atoms with Crippen LogP contribution >= 0.6 is 0 Å². The van der Waals surface area contributed by atoms with Gasteiger partial charge in [-0.1, -0.05) is 19.1 Å². The molecule has 1 aromatic carbocycles. The Labute approximate surface area is 116 Å². The Hall–Kier alpha value is -1.06. The SMILES string of the molecule is CCNC(C)c1ccc(N(CCOC)C2CC2)cc1. The Balaban J connectivity index is 2.02. The minimum atomic E-state index is 0.424. The molecule has 0 heterocycles. The molecule has 3 heteroatoms. The van der Waals surface area contributed by atoms with Crippen molar-refractivity contribution >= 4 is 5.69 Å². The summed E-state index contributed by atoms with van der Waals surface area (Å²) in [5.74, 6) is 0. The molecule has 1 aliphatic rings. The zero-order chi connectivity index (χ0) is 13.7. The predicted molar refractivity (Wildman–Crippen MR) is 80.8 cm³/mol. The number of nitrogens with one attached hydrogen (secondary N) is 1. The smallest absolute Gasteiger partial charge is 0.0637 e. The lowest BCUT2D eigenvalue weighted by molar-refractivity contribution is 0.205. The van der Waals surface area contributed by atoms with Crippen molar-refractivity contribution in [3.8, 4) is 0 Å². The highest BCUT2D eigenvalue weighted by Gasteiger charge is 2.28.